The summed E-state index contributed by atoms with van der Waals surface area (Å²) in [4.78, 5) is 8.79. The minimum Gasteiger partial charge on any atom is -0.337 e. The van der Waals surface area contributed by atoms with Crippen LogP contribution in [0.3, 0.4) is 0 Å². The molecule has 21 heavy (non-hydrogen) atoms. The van der Waals surface area contributed by atoms with E-state index in [2.05, 4.69) is 22.0 Å². The van der Waals surface area contributed by atoms with Crippen LogP contribution in [-0.2, 0) is 12.0 Å². The van der Waals surface area contributed by atoms with Crippen molar-refractivity contribution in [2.75, 3.05) is 0 Å². The summed E-state index contributed by atoms with van der Waals surface area (Å²) >= 11 is 0. The summed E-state index contributed by atoms with van der Waals surface area (Å²) in [7, 11) is 0. The van der Waals surface area contributed by atoms with Gasteiger partial charge in [0, 0.05) is 11.9 Å². The Bertz CT molecular complexity index is 573. The SMILES string of the molecule is CCC1CCC(N)(c2nc(Cc3ccccn3)no2)CC1. The molecule has 112 valence electrons. The lowest BCUT2D eigenvalue weighted by molar-refractivity contribution is 0.181. The predicted molar refractivity (Wildman–Crippen MR) is 79.5 cm³/mol. The van der Waals surface area contributed by atoms with Crippen LogP contribution in [0, 0.1) is 5.92 Å². The highest BCUT2D eigenvalue weighted by molar-refractivity contribution is 5.11. The molecule has 2 aromatic heterocycles. The molecule has 0 aliphatic heterocycles. The summed E-state index contributed by atoms with van der Waals surface area (Å²) in [5.41, 5.74) is 6.98. The second-order valence-corrected chi connectivity index (χ2v) is 6.02. The van der Waals surface area contributed by atoms with Crippen molar-refractivity contribution >= 4 is 0 Å². The van der Waals surface area contributed by atoms with Gasteiger partial charge in [-0.2, -0.15) is 4.98 Å². The van der Waals surface area contributed by atoms with Crippen LogP contribution in [0.4, 0.5) is 0 Å². The van der Waals surface area contributed by atoms with Gasteiger partial charge in [-0.15, -0.1) is 0 Å². The first-order valence-electron chi connectivity index (χ1n) is 7.71. The van der Waals surface area contributed by atoms with Gasteiger partial charge in [0.2, 0.25) is 5.89 Å². The Labute approximate surface area is 125 Å². The summed E-state index contributed by atoms with van der Waals surface area (Å²) in [6, 6.07) is 5.81. The molecule has 5 heteroatoms. The van der Waals surface area contributed by atoms with Gasteiger partial charge in [-0.3, -0.25) is 4.98 Å². The molecular weight excluding hydrogens is 264 g/mol. The molecule has 0 amide bonds. The lowest BCUT2D eigenvalue weighted by atomic mass is 9.76. The van der Waals surface area contributed by atoms with Gasteiger partial charge in [-0.05, 0) is 43.7 Å². The predicted octanol–water partition coefficient (Wildman–Crippen LogP) is 2.81. The largest absolute Gasteiger partial charge is 0.337 e. The third-order valence-electron chi connectivity index (χ3n) is 4.53. The number of aromatic nitrogens is 3. The summed E-state index contributed by atoms with van der Waals surface area (Å²) in [5, 5.41) is 4.06. The Morgan fingerprint density at radius 3 is 2.81 bits per heavy atom. The Balaban J connectivity index is 1.70. The molecule has 1 saturated carbocycles. The van der Waals surface area contributed by atoms with Crippen LogP contribution in [0.15, 0.2) is 28.9 Å². The summed E-state index contributed by atoms with van der Waals surface area (Å²) < 4.78 is 5.43. The van der Waals surface area contributed by atoms with Gasteiger partial charge in [-0.25, -0.2) is 0 Å². The molecule has 2 N–H and O–H groups in total. The summed E-state index contributed by atoms with van der Waals surface area (Å²) in [5.74, 6) is 2.03. The van der Waals surface area contributed by atoms with Gasteiger partial charge in [0.05, 0.1) is 12.0 Å². The maximum absolute atomic E-state index is 6.49. The molecule has 1 aliphatic rings. The first kappa shape index (κ1) is 14.2. The number of hydrogen-bond donors (Lipinski definition) is 1. The second kappa shape index (κ2) is 5.93. The molecule has 0 atom stereocenters. The summed E-state index contributed by atoms with van der Waals surface area (Å²) in [6.07, 6.45) is 7.72. The van der Waals surface area contributed by atoms with E-state index in [1.807, 2.05) is 18.2 Å². The summed E-state index contributed by atoms with van der Waals surface area (Å²) in [6.45, 7) is 2.24. The van der Waals surface area contributed by atoms with Crippen LogP contribution in [0.1, 0.15) is 56.4 Å². The molecule has 1 aliphatic carbocycles. The van der Waals surface area contributed by atoms with Gasteiger partial charge >= 0.3 is 0 Å². The van der Waals surface area contributed by atoms with Crippen molar-refractivity contribution in [3.63, 3.8) is 0 Å². The average Bonchev–Trinajstić information content (AvgIpc) is 2.98. The number of pyridine rings is 1. The number of rotatable bonds is 4. The fourth-order valence-electron chi connectivity index (χ4n) is 3.01. The molecule has 3 rings (SSSR count). The van der Waals surface area contributed by atoms with Gasteiger partial charge in [-0.1, -0.05) is 24.6 Å². The molecule has 0 bridgehead atoms. The highest BCUT2D eigenvalue weighted by Crippen LogP contribution is 2.37. The van der Waals surface area contributed by atoms with E-state index >= 15 is 0 Å². The van der Waals surface area contributed by atoms with Crippen LogP contribution >= 0.6 is 0 Å². The Hall–Kier alpha value is -1.75. The van der Waals surface area contributed by atoms with Crippen LogP contribution in [-0.4, -0.2) is 15.1 Å². The zero-order chi connectivity index (χ0) is 14.7. The lowest BCUT2D eigenvalue weighted by Gasteiger charge is -2.33. The fraction of sp³-hybridized carbons (Fsp3) is 0.562. The fourth-order valence-corrected chi connectivity index (χ4v) is 3.01. The zero-order valence-corrected chi connectivity index (χ0v) is 12.5. The number of nitrogens with two attached hydrogens (primary N) is 1. The van der Waals surface area contributed by atoms with Crippen LogP contribution in [0.25, 0.3) is 0 Å². The maximum Gasteiger partial charge on any atom is 0.246 e. The second-order valence-electron chi connectivity index (χ2n) is 6.02. The van der Waals surface area contributed by atoms with E-state index in [1.165, 1.54) is 6.42 Å². The molecule has 2 aromatic rings. The van der Waals surface area contributed by atoms with E-state index in [4.69, 9.17) is 10.3 Å². The van der Waals surface area contributed by atoms with Crippen LogP contribution < -0.4 is 5.73 Å². The molecule has 0 saturated heterocycles. The van der Waals surface area contributed by atoms with Crippen molar-refractivity contribution in [1.29, 1.82) is 0 Å². The first-order valence-corrected chi connectivity index (χ1v) is 7.71. The van der Waals surface area contributed by atoms with E-state index in [0.717, 1.165) is 37.3 Å². The van der Waals surface area contributed by atoms with E-state index in [0.29, 0.717) is 18.1 Å². The molecule has 5 nitrogen and oxygen atoms in total. The first-order chi connectivity index (χ1) is 10.2. The standard InChI is InChI=1S/C16H22N4O/c1-2-12-6-8-16(17,9-7-12)15-19-14(20-21-15)11-13-5-3-4-10-18-13/h3-5,10,12H,2,6-9,11,17H2,1H3. The van der Waals surface area contributed by atoms with Crippen molar-refractivity contribution in [1.82, 2.24) is 15.1 Å². The molecule has 0 aromatic carbocycles. The monoisotopic (exact) mass is 286 g/mol. The van der Waals surface area contributed by atoms with E-state index < -0.39 is 5.54 Å². The van der Waals surface area contributed by atoms with Crippen LogP contribution in [0.5, 0.6) is 0 Å². The van der Waals surface area contributed by atoms with E-state index in [-0.39, 0.29) is 0 Å². The zero-order valence-electron chi connectivity index (χ0n) is 12.5. The normalized spacial score (nSPS) is 25.9. The van der Waals surface area contributed by atoms with Gasteiger partial charge in [0.1, 0.15) is 0 Å². The van der Waals surface area contributed by atoms with Crippen molar-refractivity contribution in [2.45, 2.75) is 51.0 Å². The highest BCUT2D eigenvalue weighted by Gasteiger charge is 2.37. The molecule has 0 radical (unpaired) electrons. The van der Waals surface area contributed by atoms with Crippen molar-refractivity contribution in [2.24, 2.45) is 11.7 Å². The van der Waals surface area contributed by atoms with Gasteiger partial charge in [0.15, 0.2) is 5.82 Å². The van der Waals surface area contributed by atoms with Crippen molar-refractivity contribution in [3.8, 4) is 0 Å². The Kier molecular flexibility index (Phi) is 4.01. The third-order valence-corrected chi connectivity index (χ3v) is 4.53. The molecule has 0 unspecified atom stereocenters. The third kappa shape index (κ3) is 3.13. The average molecular weight is 286 g/mol. The van der Waals surface area contributed by atoms with Crippen molar-refractivity contribution < 1.29 is 4.52 Å². The number of nitrogens with zero attached hydrogens (tertiary/aromatic N) is 3. The van der Waals surface area contributed by atoms with Crippen LogP contribution in [0.2, 0.25) is 0 Å². The molecular formula is C16H22N4O. The minimum absolute atomic E-state index is 0.443. The molecule has 0 spiro atoms. The maximum atomic E-state index is 6.49. The van der Waals surface area contributed by atoms with Gasteiger partial charge < -0.3 is 10.3 Å². The lowest BCUT2D eigenvalue weighted by Crippen LogP contribution is -2.40. The highest BCUT2D eigenvalue weighted by atomic mass is 16.5. The van der Waals surface area contributed by atoms with E-state index in [1.54, 1.807) is 6.20 Å². The number of hydrogen-bond acceptors (Lipinski definition) is 5. The smallest absolute Gasteiger partial charge is 0.246 e. The minimum atomic E-state index is -0.443. The molecule has 1 fully saturated rings. The van der Waals surface area contributed by atoms with E-state index in [9.17, 15) is 0 Å². The van der Waals surface area contributed by atoms with Crippen molar-refractivity contribution in [3.05, 3.63) is 41.8 Å². The molecule has 2 heterocycles. The van der Waals surface area contributed by atoms with Gasteiger partial charge in [0.25, 0.3) is 0 Å². The quantitative estimate of drug-likeness (QED) is 0.935. The topological polar surface area (TPSA) is 77.8 Å². The Morgan fingerprint density at radius 1 is 1.33 bits per heavy atom. The Morgan fingerprint density at radius 2 is 2.14 bits per heavy atom.